The molecule has 0 aliphatic heterocycles. The summed E-state index contributed by atoms with van der Waals surface area (Å²) in [6, 6.07) is 8.60. The molecule has 0 fully saturated rings. The lowest BCUT2D eigenvalue weighted by atomic mass is 10.1. The van der Waals surface area contributed by atoms with Crippen molar-refractivity contribution in [3.63, 3.8) is 0 Å². The Hall–Kier alpha value is -2.69. The number of amides is 2. The molecule has 0 radical (unpaired) electrons. The van der Waals surface area contributed by atoms with Gasteiger partial charge in [-0.25, -0.2) is 8.42 Å². The minimum atomic E-state index is -3.96. The monoisotopic (exact) mass is 573 g/mol. The Bertz CT molecular complexity index is 1190. The van der Waals surface area contributed by atoms with Crippen LogP contribution in [0.5, 0.6) is 11.5 Å². The van der Waals surface area contributed by atoms with Crippen molar-refractivity contribution in [1.82, 2.24) is 10.2 Å². The molecule has 0 bridgehead atoms. The molecule has 2 amide bonds. The van der Waals surface area contributed by atoms with Crippen molar-refractivity contribution in [2.75, 3.05) is 37.9 Å². The molecule has 0 spiro atoms. The maximum atomic E-state index is 13.7. The number of methoxy groups -OCH3 is 2. The predicted molar refractivity (Wildman–Crippen MR) is 146 cm³/mol. The minimum absolute atomic E-state index is 0.105. The Labute approximate surface area is 228 Å². The molecule has 0 aromatic heterocycles. The van der Waals surface area contributed by atoms with Gasteiger partial charge in [0.05, 0.1) is 26.2 Å². The van der Waals surface area contributed by atoms with Crippen LogP contribution >= 0.6 is 23.2 Å². The smallest absolute Gasteiger partial charge is 0.244 e. The van der Waals surface area contributed by atoms with Gasteiger partial charge >= 0.3 is 0 Å². The average molecular weight is 575 g/mol. The van der Waals surface area contributed by atoms with Crippen LogP contribution in [-0.2, 0) is 26.2 Å². The van der Waals surface area contributed by atoms with Gasteiger partial charge in [-0.3, -0.25) is 13.9 Å². The fourth-order valence-electron chi connectivity index (χ4n) is 3.56. The Morgan fingerprint density at radius 2 is 1.73 bits per heavy atom. The largest absolute Gasteiger partial charge is 0.497 e. The minimum Gasteiger partial charge on any atom is -0.497 e. The molecule has 0 aliphatic rings. The number of anilines is 1. The number of halogens is 2. The molecule has 1 N–H and O–H groups in total. The number of benzene rings is 2. The highest BCUT2D eigenvalue weighted by atomic mass is 35.5. The number of hydrogen-bond acceptors (Lipinski definition) is 6. The quantitative estimate of drug-likeness (QED) is 0.361. The topological polar surface area (TPSA) is 105 Å². The Morgan fingerprint density at radius 3 is 2.27 bits per heavy atom. The van der Waals surface area contributed by atoms with Crippen LogP contribution in [0.3, 0.4) is 0 Å². The van der Waals surface area contributed by atoms with E-state index in [9.17, 15) is 18.0 Å². The number of carbonyl (C=O) groups is 2. The van der Waals surface area contributed by atoms with Gasteiger partial charge in [-0.1, -0.05) is 42.6 Å². The van der Waals surface area contributed by atoms with Crippen molar-refractivity contribution in [2.24, 2.45) is 0 Å². The van der Waals surface area contributed by atoms with Gasteiger partial charge in [0.1, 0.15) is 24.1 Å². The van der Waals surface area contributed by atoms with Gasteiger partial charge in [0.2, 0.25) is 21.8 Å². The first-order chi connectivity index (χ1) is 17.4. The summed E-state index contributed by atoms with van der Waals surface area (Å²) in [7, 11) is -1.13. The van der Waals surface area contributed by atoms with E-state index in [-0.39, 0.29) is 23.9 Å². The van der Waals surface area contributed by atoms with Gasteiger partial charge in [0.25, 0.3) is 0 Å². The normalized spacial score (nSPS) is 12.0. The highest BCUT2D eigenvalue weighted by molar-refractivity contribution is 7.92. The summed E-state index contributed by atoms with van der Waals surface area (Å²) in [6.45, 7) is 3.31. The zero-order valence-electron chi connectivity index (χ0n) is 21.6. The van der Waals surface area contributed by atoms with Crippen LogP contribution in [0.25, 0.3) is 0 Å². The molecule has 2 aromatic rings. The van der Waals surface area contributed by atoms with E-state index in [2.05, 4.69) is 5.32 Å². The molecule has 0 heterocycles. The lowest BCUT2D eigenvalue weighted by Crippen LogP contribution is -2.51. The Kier molecular flexibility index (Phi) is 11.3. The highest BCUT2D eigenvalue weighted by Gasteiger charge is 2.32. The van der Waals surface area contributed by atoms with Crippen LogP contribution in [0, 0.1) is 0 Å². The number of rotatable bonds is 13. The third-order valence-electron chi connectivity index (χ3n) is 5.72. The third-order valence-corrected chi connectivity index (χ3v) is 7.56. The number of nitrogens with zero attached hydrogens (tertiary/aromatic N) is 2. The second-order valence-corrected chi connectivity index (χ2v) is 11.1. The molecule has 2 aromatic carbocycles. The van der Waals surface area contributed by atoms with Crippen LogP contribution in [0.2, 0.25) is 10.0 Å². The van der Waals surface area contributed by atoms with Crippen LogP contribution in [0.4, 0.5) is 5.69 Å². The zero-order valence-corrected chi connectivity index (χ0v) is 23.9. The molecule has 9 nitrogen and oxygen atoms in total. The maximum Gasteiger partial charge on any atom is 0.244 e. The first kappa shape index (κ1) is 30.5. The summed E-state index contributed by atoms with van der Waals surface area (Å²) in [6.07, 6.45) is 2.65. The van der Waals surface area contributed by atoms with Gasteiger partial charge in [-0.15, -0.1) is 0 Å². The first-order valence-corrected chi connectivity index (χ1v) is 14.2. The molecular formula is C25H33Cl2N3O6S. The number of unbranched alkanes of at least 4 members (excludes halogenated alkanes) is 1. The molecule has 0 saturated carbocycles. The molecule has 37 heavy (non-hydrogen) atoms. The predicted octanol–water partition coefficient (Wildman–Crippen LogP) is 4.11. The standard InChI is InChI=1S/C25H33Cl2N3O6S/c1-6-7-13-28-25(32)17(2)29(15-19-20(26)9-8-10-21(19)27)24(31)16-30(37(5,33)34)22-14-18(35-3)11-12-23(22)36-4/h8-12,14,17H,6-7,13,15-16H2,1-5H3,(H,28,32). The lowest BCUT2D eigenvalue weighted by molar-refractivity contribution is -0.139. The zero-order chi connectivity index (χ0) is 27.8. The molecule has 1 atom stereocenters. The van der Waals surface area contributed by atoms with Crippen LogP contribution in [0.15, 0.2) is 36.4 Å². The second-order valence-electron chi connectivity index (χ2n) is 8.35. The number of sulfonamides is 1. The van der Waals surface area contributed by atoms with E-state index in [1.165, 1.54) is 25.2 Å². The summed E-state index contributed by atoms with van der Waals surface area (Å²) in [5.74, 6) is -0.412. The van der Waals surface area contributed by atoms with Crippen LogP contribution in [-0.4, -0.2) is 64.7 Å². The summed E-state index contributed by atoms with van der Waals surface area (Å²) in [5.41, 5.74) is 0.561. The average Bonchev–Trinajstić information content (AvgIpc) is 2.85. The van der Waals surface area contributed by atoms with Gasteiger partial charge in [0.15, 0.2) is 0 Å². The molecule has 0 saturated heterocycles. The van der Waals surface area contributed by atoms with Gasteiger partial charge in [-0.05, 0) is 37.6 Å². The molecule has 204 valence electrons. The molecule has 1 unspecified atom stereocenters. The SMILES string of the molecule is CCCCNC(=O)C(C)N(Cc1c(Cl)cccc1Cl)C(=O)CN(c1cc(OC)ccc1OC)S(C)(=O)=O. The van der Waals surface area contributed by atoms with Crippen molar-refractivity contribution in [3.8, 4) is 11.5 Å². The first-order valence-electron chi connectivity index (χ1n) is 11.6. The summed E-state index contributed by atoms with van der Waals surface area (Å²) < 4.78 is 37.2. The van der Waals surface area contributed by atoms with E-state index >= 15 is 0 Å². The van der Waals surface area contributed by atoms with Gasteiger partial charge in [-0.2, -0.15) is 0 Å². The van der Waals surface area contributed by atoms with Gasteiger partial charge < -0.3 is 19.7 Å². The number of hydrogen-bond donors (Lipinski definition) is 1. The maximum absolute atomic E-state index is 13.7. The van der Waals surface area contributed by atoms with E-state index in [0.717, 1.165) is 23.4 Å². The molecule has 0 aliphatic carbocycles. The summed E-state index contributed by atoms with van der Waals surface area (Å²) in [5, 5.41) is 3.45. The molecule has 12 heteroatoms. The van der Waals surface area contributed by atoms with Crippen molar-refractivity contribution >= 4 is 50.7 Å². The van der Waals surface area contributed by atoms with E-state index in [1.807, 2.05) is 6.92 Å². The number of nitrogens with one attached hydrogen (secondary N) is 1. The van der Waals surface area contributed by atoms with Crippen molar-refractivity contribution in [3.05, 3.63) is 52.0 Å². The Morgan fingerprint density at radius 1 is 1.08 bits per heavy atom. The summed E-state index contributed by atoms with van der Waals surface area (Å²) >= 11 is 12.7. The van der Waals surface area contributed by atoms with E-state index < -0.39 is 28.5 Å². The van der Waals surface area contributed by atoms with Crippen molar-refractivity contribution < 1.29 is 27.5 Å². The van der Waals surface area contributed by atoms with Gasteiger partial charge in [0, 0.05) is 34.8 Å². The number of carbonyl (C=O) groups excluding carboxylic acids is 2. The fourth-order valence-corrected chi connectivity index (χ4v) is 4.92. The van der Waals surface area contributed by atoms with Crippen LogP contribution in [0.1, 0.15) is 32.3 Å². The second kappa shape index (κ2) is 13.7. The van der Waals surface area contributed by atoms with E-state index in [4.69, 9.17) is 32.7 Å². The molecular weight excluding hydrogens is 541 g/mol. The highest BCUT2D eigenvalue weighted by Crippen LogP contribution is 2.34. The van der Waals surface area contributed by atoms with E-state index in [0.29, 0.717) is 27.9 Å². The van der Waals surface area contributed by atoms with E-state index in [1.54, 1.807) is 37.3 Å². The molecule has 2 rings (SSSR count). The number of ether oxygens (including phenoxy) is 2. The van der Waals surface area contributed by atoms with Crippen LogP contribution < -0.4 is 19.1 Å². The Balaban J connectivity index is 2.50. The summed E-state index contributed by atoms with van der Waals surface area (Å²) in [4.78, 5) is 27.9. The lowest BCUT2D eigenvalue weighted by Gasteiger charge is -2.32. The third kappa shape index (κ3) is 8.15. The van der Waals surface area contributed by atoms with Crippen molar-refractivity contribution in [1.29, 1.82) is 0 Å². The van der Waals surface area contributed by atoms with Crippen molar-refractivity contribution in [2.45, 2.75) is 39.3 Å². The fraction of sp³-hybridized carbons (Fsp3) is 0.440.